The number of imide groups is 1. The summed E-state index contributed by atoms with van der Waals surface area (Å²) in [6.45, 7) is 6.12. The van der Waals surface area contributed by atoms with Crippen molar-refractivity contribution in [3.8, 4) is 0 Å². The zero-order chi connectivity index (χ0) is 22.1. The zero-order valence-corrected chi connectivity index (χ0v) is 18.4. The lowest BCUT2D eigenvalue weighted by Gasteiger charge is -2.33. The molecule has 1 saturated heterocycles. The highest BCUT2D eigenvalue weighted by molar-refractivity contribution is 6.15. The average Bonchev–Trinajstić information content (AvgIpc) is 3.07. The van der Waals surface area contributed by atoms with Gasteiger partial charge in [0.1, 0.15) is 5.82 Å². The molecule has 8 heteroatoms. The minimum atomic E-state index is -0.534. The predicted octanol–water partition coefficient (Wildman–Crippen LogP) is 3.03. The molecular weight excluding hydrogens is 394 g/mol. The Balaban J connectivity index is 1.30. The van der Waals surface area contributed by atoms with E-state index in [9.17, 15) is 14.4 Å². The lowest BCUT2D eigenvalue weighted by atomic mass is 9.93. The van der Waals surface area contributed by atoms with Gasteiger partial charge in [-0.1, -0.05) is 12.1 Å². The highest BCUT2D eigenvalue weighted by Crippen LogP contribution is 2.25. The molecule has 0 aliphatic carbocycles. The number of hydrogen-bond donors (Lipinski definition) is 0. The van der Waals surface area contributed by atoms with Gasteiger partial charge < -0.3 is 9.47 Å². The first-order valence-electron chi connectivity index (χ1n) is 10.9. The normalized spacial score (nSPS) is 20.5. The molecule has 4 amide bonds. The Morgan fingerprint density at radius 3 is 2.58 bits per heavy atom. The number of amides is 4. The number of fused-ring (bicyclic) bond motifs is 1. The summed E-state index contributed by atoms with van der Waals surface area (Å²) in [7, 11) is 1.44. The number of nitrogens with zero attached hydrogens (tertiary/aromatic N) is 5. The Morgan fingerprint density at radius 2 is 1.84 bits per heavy atom. The molecule has 1 fully saturated rings. The van der Waals surface area contributed by atoms with Crippen LogP contribution in [-0.2, 0) is 16.1 Å². The number of urea groups is 1. The Labute approximate surface area is 181 Å². The Kier molecular flexibility index (Phi) is 5.89. The molecule has 164 valence electrons. The molecule has 0 saturated carbocycles. The number of carbonyl (C=O) groups is 3. The van der Waals surface area contributed by atoms with Gasteiger partial charge in [0.15, 0.2) is 0 Å². The van der Waals surface area contributed by atoms with Crippen LogP contribution in [0.1, 0.15) is 38.4 Å². The Morgan fingerprint density at radius 1 is 1.13 bits per heavy atom. The Bertz CT molecular complexity index is 1050. The maximum atomic E-state index is 12.7. The van der Waals surface area contributed by atoms with Crippen LogP contribution in [0.3, 0.4) is 0 Å². The van der Waals surface area contributed by atoms with Gasteiger partial charge in [-0.2, -0.15) is 0 Å². The van der Waals surface area contributed by atoms with Gasteiger partial charge in [0.2, 0.25) is 11.8 Å². The minimum absolute atomic E-state index is 0.0721. The summed E-state index contributed by atoms with van der Waals surface area (Å²) in [5, 5.41) is 0. The number of likely N-dealkylation sites (tertiary alicyclic amines) is 1. The van der Waals surface area contributed by atoms with Crippen molar-refractivity contribution in [1.29, 1.82) is 0 Å². The van der Waals surface area contributed by atoms with E-state index in [-0.39, 0.29) is 11.8 Å². The number of aliphatic imine (C=N–C) groups is 1. The standard InChI is InChI=1S/C23H29N5O3/c1-15-18(22(30)26(3)23(31)24-15)8-9-21(29)27-12-10-17(11-13-27)14-28-16(2)25-19-6-4-5-7-20(19)28/h4-7,17-18H,8-14H2,1-3H3. The largest absolute Gasteiger partial charge is 0.349 e. The predicted molar refractivity (Wildman–Crippen MR) is 118 cm³/mol. The summed E-state index contributed by atoms with van der Waals surface area (Å²) >= 11 is 0. The molecule has 31 heavy (non-hydrogen) atoms. The van der Waals surface area contributed by atoms with Crippen molar-refractivity contribution in [2.75, 3.05) is 20.1 Å². The van der Waals surface area contributed by atoms with E-state index in [2.05, 4.69) is 20.6 Å². The first-order valence-corrected chi connectivity index (χ1v) is 10.9. The van der Waals surface area contributed by atoms with E-state index >= 15 is 0 Å². The lowest BCUT2D eigenvalue weighted by Crippen LogP contribution is -2.44. The summed E-state index contributed by atoms with van der Waals surface area (Å²) in [6.07, 6.45) is 2.60. The number of carbonyl (C=O) groups excluding carboxylic acids is 3. The van der Waals surface area contributed by atoms with Crippen molar-refractivity contribution in [3.05, 3.63) is 30.1 Å². The molecule has 2 aromatic rings. The Hall–Kier alpha value is -3.03. The van der Waals surface area contributed by atoms with Crippen molar-refractivity contribution in [2.45, 2.75) is 46.1 Å². The average molecular weight is 424 g/mol. The molecule has 0 spiro atoms. The molecule has 3 heterocycles. The number of piperidine rings is 1. The van der Waals surface area contributed by atoms with Crippen LogP contribution < -0.4 is 0 Å². The van der Waals surface area contributed by atoms with E-state index in [4.69, 9.17) is 0 Å². The van der Waals surface area contributed by atoms with Crippen LogP contribution in [0.2, 0.25) is 0 Å². The van der Waals surface area contributed by atoms with Crippen molar-refractivity contribution < 1.29 is 14.4 Å². The molecule has 0 radical (unpaired) electrons. The number of rotatable bonds is 5. The van der Waals surface area contributed by atoms with Crippen LogP contribution in [0.15, 0.2) is 29.3 Å². The number of aryl methyl sites for hydroxylation is 1. The molecule has 4 rings (SSSR count). The van der Waals surface area contributed by atoms with E-state index in [0.717, 1.165) is 54.2 Å². The summed E-state index contributed by atoms with van der Waals surface area (Å²) < 4.78 is 2.28. The molecule has 8 nitrogen and oxygen atoms in total. The molecule has 0 N–H and O–H groups in total. The van der Waals surface area contributed by atoms with Gasteiger partial charge in [-0.05, 0) is 51.2 Å². The quantitative estimate of drug-likeness (QED) is 0.740. The number of hydrogen-bond acceptors (Lipinski definition) is 4. The minimum Gasteiger partial charge on any atom is -0.343 e. The molecule has 1 atom stereocenters. The van der Waals surface area contributed by atoms with Gasteiger partial charge in [0.25, 0.3) is 0 Å². The fourth-order valence-corrected chi connectivity index (χ4v) is 4.62. The van der Waals surface area contributed by atoms with Crippen LogP contribution in [0.25, 0.3) is 11.0 Å². The lowest BCUT2D eigenvalue weighted by molar-refractivity contribution is -0.133. The summed E-state index contributed by atoms with van der Waals surface area (Å²) in [6, 6.07) is 7.66. The molecule has 0 bridgehead atoms. The second kappa shape index (κ2) is 8.61. The molecule has 1 aromatic carbocycles. The SMILES string of the molecule is CC1=NC(=O)N(C)C(=O)C1CCC(=O)N1CCC(Cn2c(C)nc3ccccc32)CC1. The van der Waals surface area contributed by atoms with Gasteiger partial charge in [-0.25, -0.2) is 14.8 Å². The van der Waals surface area contributed by atoms with Gasteiger partial charge in [0, 0.05) is 38.8 Å². The highest BCUT2D eigenvalue weighted by atomic mass is 16.2. The molecular formula is C23H29N5O3. The van der Waals surface area contributed by atoms with E-state index in [1.807, 2.05) is 30.0 Å². The number of aromatic nitrogens is 2. The third-order valence-electron chi connectivity index (χ3n) is 6.59. The second-order valence-corrected chi connectivity index (χ2v) is 8.61. The smallest absolute Gasteiger partial charge is 0.343 e. The van der Waals surface area contributed by atoms with Crippen molar-refractivity contribution in [3.63, 3.8) is 0 Å². The third-order valence-corrected chi connectivity index (χ3v) is 6.59. The molecule has 1 unspecified atom stereocenters. The molecule has 1 aromatic heterocycles. The van der Waals surface area contributed by atoms with Crippen molar-refractivity contribution in [1.82, 2.24) is 19.4 Å². The fraction of sp³-hybridized carbons (Fsp3) is 0.522. The number of para-hydroxylation sites is 2. The van der Waals surface area contributed by atoms with Crippen LogP contribution >= 0.6 is 0 Å². The summed E-state index contributed by atoms with van der Waals surface area (Å²) in [5.74, 6) is 0.850. The van der Waals surface area contributed by atoms with Crippen molar-refractivity contribution in [2.24, 2.45) is 16.8 Å². The van der Waals surface area contributed by atoms with E-state index < -0.39 is 11.9 Å². The fourth-order valence-electron chi connectivity index (χ4n) is 4.62. The van der Waals surface area contributed by atoms with Crippen molar-refractivity contribution >= 4 is 34.6 Å². The van der Waals surface area contributed by atoms with E-state index in [1.54, 1.807) is 6.92 Å². The van der Waals surface area contributed by atoms with Gasteiger partial charge >= 0.3 is 6.03 Å². The third kappa shape index (κ3) is 4.24. The van der Waals surface area contributed by atoms with Gasteiger partial charge in [0.05, 0.1) is 17.0 Å². The highest BCUT2D eigenvalue weighted by Gasteiger charge is 2.34. The monoisotopic (exact) mass is 423 g/mol. The summed E-state index contributed by atoms with van der Waals surface area (Å²) in [4.78, 5) is 48.2. The topological polar surface area (TPSA) is 87.9 Å². The van der Waals surface area contributed by atoms with Crippen LogP contribution in [0.4, 0.5) is 4.79 Å². The van der Waals surface area contributed by atoms with Crippen LogP contribution in [0.5, 0.6) is 0 Å². The summed E-state index contributed by atoms with van der Waals surface area (Å²) in [5.41, 5.74) is 2.69. The number of imidazole rings is 1. The van der Waals surface area contributed by atoms with E-state index in [0.29, 0.717) is 24.5 Å². The van der Waals surface area contributed by atoms with Gasteiger partial charge in [-0.3, -0.25) is 14.5 Å². The maximum Gasteiger partial charge on any atom is 0.349 e. The molecule has 2 aliphatic rings. The van der Waals surface area contributed by atoms with Crippen LogP contribution in [-0.4, -0.2) is 63.0 Å². The van der Waals surface area contributed by atoms with Crippen LogP contribution in [0, 0.1) is 18.8 Å². The zero-order valence-electron chi connectivity index (χ0n) is 18.4. The number of benzene rings is 1. The van der Waals surface area contributed by atoms with Gasteiger partial charge in [-0.15, -0.1) is 0 Å². The molecule has 2 aliphatic heterocycles. The first-order chi connectivity index (χ1) is 14.8. The van der Waals surface area contributed by atoms with E-state index in [1.165, 1.54) is 7.05 Å². The maximum absolute atomic E-state index is 12.7. The second-order valence-electron chi connectivity index (χ2n) is 8.61. The first kappa shape index (κ1) is 21.2.